The second-order valence-corrected chi connectivity index (χ2v) is 4.41. The number of aryl methyl sites for hydroxylation is 1. The minimum atomic E-state index is 0.396. The van der Waals surface area contributed by atoms with E-state index in [0.717, 1.165) is 29.9 Å². The molecule has 2 rings (SSSR count). The lowest BCUT2D eigenvalue weighted by atomic mass is 10.2. The molecule has 0 amide bonds. The molecule has 1 heterocycles. The van der Waals surface area contributed by atoms with Crippen LogP contribution in [-0.2, 0) is 17.8 Å². The van der Waals surface area contributed by atoms with E-state index in [1.165, 1.54) is 0 Å². The number of benzene rings is 1. The summed E-state index contributed by atoms with van der Waals surface area (Å²) < 4.78 is 7.01. The summed E-state index contributed by atoms with van der Waals surface area (Å²) in [6, 6.07) is 8.03. The van der Waals surface area contributed by atoms with Crippen molar-refractivity contribution >= 4 is 11.6 Å². The van der Waals surface area contributed by atoms with Crippen molar-refractivity contribution in [2.24, 2.45) is 0 Å². The number of hydrogen-bond donors (Lipinski definition) is 0. The first-order chi connectivity index (χ1) is 8.76. The number of hydrogen-bond acceptors (Lipinski definition) is 3. The Kier molecular flexibility index (Phi) is 4.33. The van der Waals surface area contributed by atoms with Gasteiger partial charge in [0.15, 0.2) is 0 Å². The monoisotopic (exact) mass is 265 g/mol. The Balaban J connectivity index is 2.41. The van der Waals surface area contributed by atoms with Crippen molar-refractivity contribution < 1.29 is 4.74 Å². The molecule has 0 saturated heterocycles. The predicted molar refractivity (Wildman–Crippen MR) is 71.1 cm³/mol. The number of aromatic nitrogens is 3. The molecule has 0 fully saturated rings. The molecule has 0 bridgehead atoms. The van der Waals surface area contributed by atoms with Gasteiger partial charge in [0.25, 0.3) is 0 Å². The molecule has 0 N–H and O–H groups in total. The minimum Gasteiger partial charge on any atom is -0.380 e. The van der Waals surface area contributed by atoms with Crippen molar-refractivity contribution in [1.82, 2.24) is 14.8 Å². The van der Waals surface area contributed by atoms with E-state index in [2.05, 4.69) is 17.1 Å². The van der Waals surface area contributed by atoms with Gasteiger partial charge in [-0.2, -0.15) is 0 Å². The Morgan fingerprint density at radius 1 is 1.33 bits per heavy atom. The van der Waals surface area contributed by atoms with Crippen LogP contribution in [0.15, 0.2) is 24.3 Å². The summed E-state index contributed by atoms with van der Waals surface area (Å²) in [4.78, 5) is 0. The molecule has 0 unspecified atom stereocenters. The van der Waals surface area contributed by atoms with Crippen LogP contribution in [-0.4, -0.2) is 21.9 Å². The fourth-order valence-corrected chi connectivity index (χ4v) is 2.12. The normalized spacial score (nSPS) is 10.8. The van der Waals surface area contributed by atoms with E-state index < -0.39 is 0 Å². The van der Waals surface area contributed by atoms with Gasteiger partial charge < -0.3 is 4.74 Å². The molecule has 1 aromatic carbocycles. The minimum absolute atomic E-state index is 0.396. The smallest absolute Gasteiger partial charge is 0.229 e. The highest BCUT2D eigenvalue weighted by molar-refractivity contribution is 6.28. The summed E-state index contributed by atoms with van der Waals surface area (Å²) >= 11 is 6.10. The lowest BCUT2D eigenvalue weighted by molar-refractivity contribution is 0.185. The summed E-state index contributed by atoms with van der Waals surface area (Å²) in [5.41, 5.74) is 2.07. The SMILES string of the molecule is CCCc1nnc(Cl)n1-c1cccc(COC)c1. The largest absolute Gasteiger partial charge is 0.380 e. The van der Waals surface area contributed by atoms with Gasteiger partial charge in [-0.3, -0.25) is 4.57 Å². The van der Waals surface area contributed by atoms with Crippen LogP contribution < -0.4 is 0 Å². The standard InChI is InChI=1S/C13H16ClN3O/c1-3-5-12-15-16-13(14)17(12)11-7-4-6-10(8-11)9-18-2/h4,6-8H,3,5,9H2,1-2H3. The number of nitrogens with zero attached hydrogens (tertiary/aromatic N) is 3. The van der Waals surface area contributed by atoms with Crippen LogP contribution in [0.1, 0.15) is 24.7 Å². The average Bonchev–Trinajstić information content (AvgIpc) is 2.72. The molecule has 2 aromatic rings. The number of rotatable bonds is 5. The van der Waals surface area contributed by atoms with Crippen LogP contribution in [0.3, 0.4) is 0 Å². The lowest BCUT2D eigenvalue weighted by Crippen LogP contribution is -2.02. The van der Waals surface area contributed by atoms with Gasteiger partial charge >= 0.3 is 0 Å². The van der Waals surface area contributed by atoms with Crippen molar-refractivity contribution in [3.8, 4) is 5.69 Å². The molecule has 0 radical (unpaired) electrons. The first-order valence-corrected chi connectivity index (χ1v) is 6.32. The molecule has 0 aliphatic heterocycles. The molecular weight excluding hydrogens is 250 g/mol. The molecule has 0 saturated carbocycles. The maximum atomic E-state index is 6.10. The molecule has 1 aromatic heterocycles. The fourth-order valence-electron chi connectivity index (χ4n) is 1.89. The molecular formula is C13H16ClN3O. The third kappa shape index (κ3) is 2.71. The zero-order valence-corrected chi connectivity index (χ0v) is 11.3. The first kappa shape index (κ1) is 13.1. The molecule has 4 nitrogen and oxygen atoms in total. The Hall–Kier alpha value is -1.39. The van der Waals surface area contributed by atoms with Crippen molar-refractivity contribution in [2.75, 3.05) is 7.11 Å². The van der Waals surface area contributed by atoms with E-state index in [0.29, 0.717) is 11.9 Å². The van der Waals surface area contributed by atoms with E-state index in [1.54, 1.807) is 7.11 Å². The van der Waals surface area contributed by atoms with E-state index in [9.17, 15) is 0 Å². The summed E-state index contributed by atoms with van der Waals surface area (Å²) in [6.07, 6.45) is 1.86. The number of halogens is 1. The molecule has 96 valence electrons. The van der Waals surface area contributed by atoms with E-state index in [4.69, 9.17) is 16.3 Å². The van der Waals surface area contributed by atoms with E-state index in [-0.39, 0.29) is 0 Å². The van der Waals surface area contributed by atoms with Crippen LogP contribution in [0.2, 0.25) is 5.28 Å². The highest BCUT2D eigenvalue weighted by atomic mass is 35.5. The summed E-state index contributed by atoms with van der Waals surface area (Å²) in [5.74, 6) is 0.886. The zero-order chi connectivity index (χ0) is 13.0. The van der Waals surface area contributed by atoms with Crippen molar-refractivity contribution in [3.05, 3.63) is 40.9 Å². The van der Waals surface area contributed by atoms with Crippen molar-refractivity contribution in [2.45, 2.75) is 26.4 Å². The summed E-state index contributed by atoms with van der Waals surface area (Å²) in [5, 5.41) is 8.44. The molecule has 18 heavy (non-hydrogen) atoms. The van der Waals surface area contributed by atoms with Crippen LogP contribution >= 0.6 is 11.6 Å². The molecule has 0 aliphatic rings. The molecule has 0 spiro atoms. The van der Waals surface area contributed by atoms with Crippen LogP contribution in [0, 0.1) is 0 Å². The summed E-state index contributed by atoms with van der Waals surface area (Å²) in [6.45, 7) is 2.69. The third-order valence-corrected chi connectivity index (χ3v) is 2.89. The molecule has 5 heteroatoms. The Morgan fingerprint density at radius 3 is 2.89 bits per heavy atom. The fraction of sp³-hybridized carbons (Fsp3) is 0.385. The highest BCUT2D eigenvalue weighted by Crippen LogP contribution is 2.19. The maximum Gasteiger partial charge on any atom is 0.229 e. The molecule has 0 aliphatic carbocycles. The Bertz CT molecular complexity index is 525. The Morgan fingerprint density at radius 2 is 2.17 bits per heavy atom. The second-order valence-electron chi connectivity index (χ2n) is 4.07. The van der Waals surface area contributed by atoms with Gasteiger partial charge in [-0.1, -0.05) is 19.1 Å². The van der Waals surface area contributed by atoms with Gasteiger partial charge in [0.05, 0.1) is 12.3 Å². The predicted octanol–water partition coefficient (Wildman–Crippen LogP) is 3.02. The molecule has 0 atom stereocenters. The zero-order valence-electron chi connectivity index (χ0n) is 10.6. The number of methoxy groups -OCH3 is 1. The van der Waals surface area contributed by atoms with Gasteiger partial charge in [-0.15, -0.1) is 10.2 Å². The van der Waals surface area contributed by atoms with Crippen molar-refractivity contribution in [1.29, 1.82) is 0 Å². The van der Waals surface area contributed by atoms with Crippen LogP contribution in [0.4, 0.5) is 0 Å². The Labute approximate surface area is 112 Å². The van der Waals surface area contributed by atoms with Gasteiger partial charge in [-0.25, -0.2) is 0 Å². The quantitative estimate of drug-likeness (QED) is 0.834. The average molecular weight is 266 g/mol. The van der Waals surface area contributed by atoms with Crippen LogP contribution in [0.5, 0.6) is 0 Å². The van der Waals surface area contributed by atoms with Gasteiger partial charge in [0.2, 0.25) is 5.28 Å². The van der Waals surface area contributed by atoms with E-state index in [1.807, 2.05) is 28.8 Å². The van der Waals surface area contributed by atoms with Gasteiger partial charge in [-0.05, 0) is 35.7 Å². The topological polar surface area (TPSA) is 39.9 Å². The lowest BCUT2D eigenvalue weighted by Gasteiger charge is -2.09. The van der Waals surface area contributed by atoms with Crippen LogP contribution in [0.25, 0.3) is 5.69 Å². The van der Waals surface area contributed by atoms with Crippen molar-refractivity contribution in [3.63, 3.8) is 0 Å². The number of ether oxygens (including phenoxy) is 1. The summed E-state index contributed by atoms with van der Waals surface area (Å²) in [7, 11) is 1.68. The maximum absolute atomic E-state index is 6.10. The van der Waals surface area contributed by atoms with Gasteiger partial charge in [0.1, 0.15) is 5.82 Å². The highest BCUT2D eigenvalue weighted by Gasteiger charge is 2.11. The second kappa shape index (κ2) is 5.98. The first-order valence-electron chi connectivity index (χ1n) is 5.94. The third-order valence-electron chi connectivity index (χ3n) is 2.64. The van der Waals surface area contributed by atoms with E-state index >= 15 is 0 Å². The van der Waals surface area contributed by atoms with Gasteiger partial charge in [0, 0.05) is 13.5 Å².